The van der Waals surface area contributed by atoms with Crippen molar-refractivity contribution >= 4 is 40.2 Å². The van der Waals surface area contributed by atoms with Crippen molar-refractivity contribution in [2.24, 2.45) is 5.73 Å². The molecule has 7 heteroatoms. The minimum atomic E-state index is -1.24. The number of esters is 1. The number of amides is 3. The van der Waals surface area contributed by atoms with Gasteiger partial charge in [-0.25, -0.2) is 9.69 Å². The number of carbonyl (C=O) groups is 4. The van der Waals surface area contributed by atoms with Crippen molar-refractivity contribution in [3.8, 4) is 0 Å². The fourth-order valence-corrected chi connectivity index (χ4v) is 4.10. The van der Waals surface area contributed by atoms with E-state index in [1.54, 1.807) is 54.6 Å². The maximum Gasteiger partial charge on any atom is 0.339 e. The van der Waals surface area contributed by atoms with Crippen molar-refractivity contribution in [2.45, 2.75) is 6.10 Å². The summed E-state index contributed by atoms with van der Waals surface area (Å²) in [5, 5.41) is 1.45. The second kappa shape index (κ2) is 8.29. The molecule has 4 aromatic rings. The van der Waals surface area contributed by atoms with E-state index in [-0.39, 0.29) is 5.56 Å². The van der Waals surface area contributed by atoms with Crippen molar-refractivity contribution in [3.05, 3.63) is 113 Å². The molecule has 166 valence electrons. The van der Waals surface area contributed by atoms with Crippen LogP contribution in [0.15, 0.2) is 91.0 Å². The topological polar surface area (TPSA) is 107 Å². The highest BCUT2D eigenvalue weighted by Gasteiger charge is 2.34. The highest BCUT2D eigenvalue weighted by Crippen LogP contribution is 2.33. The zero-order chi connectivity index (χ0) is 23.8. The van der Waals surface area contributed by atoms with Crippen LogP contribution < -0.4 is 10.6 Å². The van der Waals surface area contributed by atoms with Crippen molar-refractivity contribution in [2.75, 3.05) is 4.90 Å². The molecule has 0 saturated heterocycles. The summed E-state index contributed by atoms with van der Waals surface area (Å²) in [7, 11) is 0. The SMILES string of the molecule is NC(=O)C(OC(=O)c1ccc(N2C(=O)c3cccc4cccc(c34)C2=O)cc1)c1ccccc1. The molecule has 3 amide bonds. The minimum Gasteiger partial charge on any atom is -0.444 e. The molecule has 0 bridgehead atoms. The second-order valence-corrected chi connectivity index (χ2v) is 7.80. The molecule has 1 heterocycles. The van der Waals surface area contributed by atoms with Crippen LogP contribution >= 0.6 is 0 Å². The molecule has 0 radical (unpaired) electrons. The summed E-state index contributed by atoms with van der Waals surface area (Å²) >= 11 is 0. The normalized spacial score (nSPS) is 13.6. The van der Waals surface area contributed by atoms with Gasteiger partial charge in [-0.1, -0.05) is 54.6 Å². The molecule has 0 aromatic heterocycles. The van der Waals surface area contributed by atoms with Gasteiger partial charge >= 0.3 is 5.97 Å². The van der Waals surface area contributed by atoms with E-state index >= 15 is 0 Å². The Kier molecular flexibility index (Phi) is 5.14. The van der Waals surface area contributed by atoms with Gasteiger partial charge in [0.1, 0.15) is 0 Å². The van der Waals surface area contributed by atoms with Crippen molar-refractivity contribution in [1.29, 1.82) is 0 Å². The maximum absolute atomic E-state index is 13.2. The third-order valence-corrected chi connectivity index (χ3v) is 5.72. The summed E-state index contributed by atoms with van der Waals surface area (Å²) < 4.78 is 5.34. The number of carbonyl (C=O) groups excluding carboxylic acids is 4. The van der Waals surface area contributed by atoms with Crippen LogP contribution in [0.25, 0.3) is 10.8 Å². The predicted molar refractivity (Wildman–Crippen MR) is 125 cm³/mol. The van der Waals surface area contributed by atoms with Crippen LogP contribution in [0.4, 0.5) is 5.69 Å². The highest BCUT2D eigenvalue weighted by atomic mass is 16.5. The predicted octanol–water partition coefficient (Wildman–Crippen LogP) is 4.02. The van der Waals surface area contributed by atoms with Gasteiger partial charge in [0.2, 0.25) is 6.10 Å². The molecule has 1 atom stereocenters. The number of hydrogen-bond donors (Lipinski definition) is 1. The van der Waals surface area contributed by atoms with Crippen molar-refractivity contribution < 1.29 is 23.9 Å². The standard InChI is InChI=1S/C27H18N2O5/c28-24(30)23(17-6-2-1-3-7-17)34-27(33)18-12-14-19(15-13-18)29-25(31)20-10-4-8-16-9-5-11-21(22(16)20)26(29)32/h1-15,23H,(H2,28,30). The lowest BCUT2D eigenvalue weighted by Gasteiger charge is -2.27. The smallest absolute Gasteiger partial charge is 0.339 e. The Morgan fingerprint density at radius 3 is 1.88 bits per heavy atom. The van der Waals surface area contributed by atoms with E-state index in [1.165, 1.54) is 24.3 Å². The Hall–Kier alpha value is -4.78. The van der Waals surface area contributed by atoms with Gasteiger partial charge in [0.05, 0.1) is 11.3 Å². The summed E-state index contributed by atoms with van der Waals surface area (Å²) in [6.45, 7) is 0. The molecule has 1 unspecified atom stereocenters. The molecular formula is C27H18N2O5. The maximum atomic E-state index is 13.2. The molecule has 34 heavy (non-hydrogen) atoms. The lowest BCUT2D eigenvalue weighted by Crippen LogP contribution is -2.40. The summed E-state index contributed by atoms with van der Waals surface area (Å²) in [6.07, 6.45) is -1.24. The average molecular weight is 450 g/mol. The van der Waals surface area contributed by atoms with E-state index in [0.717, 1.165) is 10.3 Å². The van der Waals surface area contributed by atoms with Gasteiger partial charge in [-0.05, 0) is 41.8 Å². The van der Waals surface area contributed by atoms with Crippen LogP contribution in [0.3, 0.4) is 0 Å². The molecule has 2 N–H and O–H groups in total. The average Bonchev–Trinajstić information content (AvgIpc) is 2.86. The fraction of sp³-hybridized carbons (Fsp3) is 0.0370. The van der Waals surface area contributed by atoms with E-state index in [2.05, 4.69) is 0 Å². The minimum absolute atomic E-state index is 0.144. The summed E-state index contributed by atoms with van der Waals surface area (Å²) in [6, 6.07) is 24.9. The van der Waals surface area contributed by atoms with Crippen LogP contribution in [0.1, 0.15) is 42.7 Å². The number of rotatable bonds is 5. The van der Waals surface area contributed by atoms with Gasteiger partial charge in [-0.15, -0.1) is 0 Å². The van der Waals surface area contributed by atoms with Gasteiger partial charge in [-0.2, -0.15) is 0 Å². The number of benzene rings is 4. The third kappa shape index (κ3) is 3.49. The lowest BCUT2D eigenvalue weighted by atomic mass is 9.94. The van der Waals surface area contributed by atoms with E-state index in [4.69, 9.17) is 10.5 Å². The first-order chi connectivity index (χ1) is 16.5. The first-order valence-electron chi connectivity index (χ1n) is 10.5. The molecule has 0 aliphatic carbocycles. The number of primary amides is 1. The molecule has 0 fully saturated rings. The zero-order valence-electron chi connectivity index (χ0n) is 17.8. The first kappa shape index (κ1) is 21.1. The van der Waals surface area contributed by atoms with Gasteiger partial charge in [-0.3, -0.25) is 14.4 Å². The largest absolute Gasteiger partial charge is 0.444 e. The fourth-order valence-electron chi connectivity index (χ4n) is 4.10. The number of ether oxygens (including phenoxy) is 1. The van der Waals surface area contributed by atoms with E-state index in [0.29, 0.717) is 27.8 Å². The molecule has 1 aliphatic rings. The van der Waals surface area contributed by atoms with E-state index in [9.17, 15) is 19.2 Å². The summed E-state index contributed by atoms with van der Waals surface area (Å²) in [5.41, 5.74) is 7.20. The second-order valence-electron chi connectivity index (χ2n) is 7.80. The number of anilines is 1. The summed E-state index contributed by atoms with van der Waals surface area (Å²) in [4.78, 5) is 51.9. The van der Waals surface area contributed by atoms with E-state index in [1.807, 2.05) is 12.1 Å². The molecule has 0 saturated carbocycles. The van der Waals surface area contributed by atoms with Gasteiger partial charge < -0.3 is 10.5 Å². The Morgan fingerprint density at radius 2 is 1.32 bits per heavy atom. The number of hydrogen-bond acceptors (Lipinski definition) is 5. The highest BCUT2D eigenvalue weighted by molar-refractivity contribution is 6.35. The molecule has 5 rings (SSSR count). The Morgan fingerprint density at radius 1 is 0.735 bits per heavy atom. The Bertz CT molecular complexity index is 1410. The summed E-state index contributed by atoms with van der Waals surface area (Å²) in [5.74, 6) is -2.44. The third-order valence-electron chi connectivity index (χ3n) is 5.72. The van der Waals surface area contributed by atoms with Gasteiger partial charge in [0, 0.05) is 22.1 Å². The van der Waals surface area contributed by atoms with E-state index < -0.39 is 29.8 Å². The van der Waals surface area contributed by atoms with Gasteiger partial charge in [0.25, 0.3) is 17.7 Å². The van der Waals surface area contributed by atoms with Crippen molar-refractivity contribution in [3.63, 3.8) is 0 Å². The monoisotopic (exact) mass is 450 g/mol. The number of imide groups is 1. The molecule has 0 spiro atoms. The van der Waals surface area contributed by atoms with Crippen LogP contribution in [-0.4, -0.2) is 23.7 Å². The molecular weight excluding hydrogens is 432 g/mol. The lowest BCUT2D eigenvalue weighted by molar-refractivity contribution is -0.127. The molecule has 1 aliphatic heterocycles. The quantitative estimate of drug-likeness (QED) is 0.365. The van der Waals surface area contributed by atoms with Gasteiger partial charge in [0.15, 0.2) is 0 Å². The molecule has 7 nitrogen and oxygen atoms in total. The van der Waals surface area contributed by atoms with Crippen LogP contribution in [0.5, 0.6) is 0 Å². The van der Waals surface area contributed by atoms with Crippen LogP contribution in [0.2, 0.25) is 0 Å². The first-order valence-corrected chi connectivity index (χ1v) is 10.5. The number of nitrogens with zero attached hydrogens (tertiary/aromatic N) is 1. The van der Waals surface area contributed by atoms with Crippen LogP contribution in [-0.2, 0) is 9.53 Å². The number of nitrogens with two attached hydrogens (primary N) is 1. The molecule has 4 aromatic carbocycles. The Labute approximate surface area is 194 Å². The van der Waals surface area contributed by atoms with Crippen molar-refractivity contribution in [1.82, 2.24) is 0 Å². The zero-order valence-corrected chi connectivity index (χ0v) is 17.8. The van der Waals surface area contributed by atoms with Crippen LogP contribution in [0, 0.1) is 0 Å². The Balaban J connectivity index is 1.42.